The molecule has 0 atom stereocenters. The van der Waals surface area contributed by atoms with E-state index in [0.717, 1.165) is 26.2 Å². The molecule has 52 heavy (non-hydrogen) atoms. The van der Waals surface area contributed by atoms with Gasteiger partial charge in [0.2, 0.25) is 0 Å². The summed E-state index contributed by atoms with van der Waals surface area (Å²) in [5.74, 6) is 0. The minimum Gasteiger partial charge on any atom is -0.265 e. The third-order valence-electron chi connectivity index (χ3n) is 9.43. The zero-order valence-corrected chi connectivity index (χ0v) is 29.0. The van der Waals surface area contributed by atoms with Crippen molar-refractivity contribution < 1.29 is 18.3 Å². The van der Waals surface area contributed by atoms with E-state index < -0.39 is 0 Å². The van der Waals surface area contributed by atoms with Crippen molar-refractivity contribution in [2.24, 2.45) is 0 Å². The molecule has 0 amide bonds. The minimum atomic E-state index is 0.833. The first-order valence-corrected chi connectivity index (χ1v) is 17.6. The number of pyridine rings is 6. The summed E-state index contributed by atoms with van der Waals surface area (Å²) < 4.78 is 8.88. The van der Waals surface area contributed by atoms with Crippen LogP contribution in [0.25, 0.3) is 33.4 Å². The summed E-state index contributed by atoms with van der Waals surface area (Å²) in [5, 5.41) is 0. The molecule has 2 aromatic carbocycles. The second kappa shape index (κ2) is 15.5. The maximum atomic E-state index is 4.11. The van der Waals surface area contributed by atoms with Crippen molar-refractivity contribution in [2.45, 2.75) is 26.2 Å². The Kier molecular flexibility index (Phi) is 9.69. The fourth-order valence-corrected chi connectivity index (χ4v) is 6.45. The highest BCUT2D eigenvalue weighted by atomic mass is 14.9. The molecule has 0 radical (unpaired) electrons. The summed E-state index contributed by atoms with van der Waals surface area (Å²) in [5.41, 5.74) is 12.3. The van der Waals surface area contributed by atoms with Crippen LogP contribution in [-0.2, 0) is 26.2 Å². The van der Waals surface area contributed by atoms with Gasteiger partial charge in [0.25, 0.3) is 0 Å². The van der Waals surface area contributed by atoms with Gasteiger partial charge in [-0.25, -0.2) is 18.3 Å². The number of nitrogens with zero attached hydrogens (tertiary/aromatic N) is 6. The lowest BCUT2D eigenvalue weighted by atomic mass is 10.1. The SMILES string of the molecule is c1cc(-c2cc[n+](Cc3ccc(C[n+]4ccc(-c5cc[n+](Cc6ccc(C[n+]7ccc(-c8ccncc8)cc7)cc6)cc5)cc4)cc3)cc2)ccn1. The second-order valence-electron chi connectivity index (χ2n) is 13.1. The van der Waals surface area contributed by atoms with Crippen molar-refractivity contribution in [2.75, 3.05) is 0 Å². The van der Waals surface area contributed by atoms with Gasteiger partial charge in [-0.05, 0) is 57.6 Å². The molecule has 0 aliphatic carbocycles. The number of hydrogen-bond donors (Lipinski definition) is 0. The second-order valence-corrected chi connectivity index (χ2v) is 13.1. The zero-order valence-electron chi connectivity index (χ0n) is 29.0. The molecule has 8 rings (SSSR count). The summed E-state index contributed by atoms with van der Waals surface area (Å²) in [6.45, 7) is 3.34. The van der Waals surface area contributed by atoms with Gasteiger partial charge in [-0.1, -0.05) is 48.5 Å². The lowest BCUT2D eigenvalue weighted by molar-refractivity contribution is -0.689. The summed E-state index contributed by atoms with van der Waals surface area (Å²) >= 11 is 0. The van der Waals surface area contributed by atoms with Crippen LogP contribution < -0.4 is 18.3 Å². The molecule has 0 N–H and O–H groups in total. The normalized spacial score (nSPS) is 11.0. The average Bonchev–Trinajstić information content (AvgIpc) is 3.21. The van der Waals surface area contributed by atoms with E-state index in [0.29, 0.717) is 0 Å². The largest absolute Gasteiger partial charge is 0.265 e. The molecular weight excluding hydrogens is 637 g/mol. The molecule has 8 aromatic rings. The Morgan fingerprint density at radius 3 is 0.654 bits per heavy atom. The number of rotatable bonds is 11. The molecule has 0 bridgehead atoms. The van der Waals surface area contributed by atoms with Crippen molar-refractivity contribution in [1.29, 1.82) is 0 Å². The molecule has 0 fully saturated rings. The van der Waals surface area contributed by atoms with E-state index in [1.54, 1.807) is 0 Å². The third-order valence-corrected chi connectivity index (χ3v) is 9.43. The van der Waals surface area contributed by atoms with E-state index in [1.165, 1.54) is 55.6 Å². The van der Waals surface area contributed by atoms with Crippen molar-refractivity contribution in [1.82, 2.24) is 9.97 Å². The molecule has 6 nitrogen and oxygen atoms in total. The standard InChI is InChI=1S/C46H40N6/c1-5-39(6-2-37(1)33-49-25-13-43(14-26-49)41-9-21-47-22-10-41)35-51-29-17-45(18-30-51)46-19-31-52(32-20-46)36-40-7-3-38(4-8-40)34-50-27-15-44(16-28-50)42-11-23-48-24-12-42/h1-32H,33-36H2/q+4. The highest BCUT2D eigenvalue weighted by molar-refractivity contribution is 5.62. The summed E-state index contributed by atoms with van der Waals surface area (Å²) in [4.78, 5) is 8.23. The van der Waals surface area contributed by atoms with Crippen molar-refractivity contribution in [3.8, 4) is 33.4 Å². The summed E-state index contributed by atoms with van der Waals surface area (Å²) in [7, 11) is 0. The molecule has 6 aromatic heterocycles. The van der Waals surface area contributed by atoms with Gasteiger partial charge in [-0.3, -0.25) is 9.97 Å². The highest BCUT2D eigenvalue weighted by Crippen LogP contribution is 2.18. The third kappa shape index (κ3) is 8.20. The van der Waals surface area contributed by atoms with E-state index >= 15 is 0 Å². The zero-order chi connectivity index (χ0) is 35.0. The van der Waals surface area contributed by atoms with Crippen LogP contribution in [0.3, 0.4) is 0 Å². The number of aromatic nitrogens is 6. The molecular formula is C46H40N6+4. The van der Waals surface area contributed by atoms with Gasteiger partial charge >= 0.3 is 0 Å². The molecule has 0 saturated carbocycles. The van der Waals surface area contributed by atoms with Crippen LogP contribution in [0.1, 0.15) is 22.3 Å². The lowest BCUT2D eigenvalue weighted by Crippen LogP contribution is -2.34. The lowest BCUT2D eigenvalue weighted by Gasteiger charge is -2.04. The predicted molar refractivity (Wildman–Crippen MR) is 201 cm³/mol. The van der Waals surface area contributed by atoms with Crippen LogP contribution >= 0.6 is 0 Å². The number of benzene rings is 2. The Bertz CT molecular complexity index is 2150. The van der Waals surface area contributed by atoms with Gasteiger partial charge in [0.1, 0.15) is 0 Å². The maximum Gasteiger partial charge on any atom is 0.173 e. The fourth-order valence-electron chi connectivity index (χ4n) is 6.45. The fraction of sp³-hybridized carbons (Fsp3) is 0.0870. The Hall–Kier alpha value is -6.66. The number of hydrogen-bond acceptors (Lipinski definition) is 2. The van der Waals surface area contributed by atoms with Crippen LogP contribution in [0.5, 0.6) is 0 Å². The molecule has 0 saturated heterocycles. The van der Waals surface area contributed by atoms with Gasteiger partial charge in [0.05, 0.1) is 0 Å². The first kappa shape index (κ1) is 32.5. The monoisotopic (exact) mass is 676 g/mol. The van der Waals surface area contributed by atoms with Crippen molar-refractivity contribution >= 4 is 0 Å². The maximum absolute atomic E-state index is 4.11. The Balaban J connectivity index is 0.822. The first-order chi connectivity index (χ1) is 25.7. The van der Waals surface area contributed by atoms with Crippen LogP contribution in [0.15, 0.2) is 196 Å². The Morgan fingerprint density at radius 2 is 0.442 bits per heavy atom. The van der Waals surface area contributed by atoms with Gasteiger partial charge in [0, 0.05) is 95.6 Å². The molecule has 6 heterocycles. The first-order valence-electron chi connectivity index (χ1n) is 17.6. The minimum absolute atomic E-state index is 0.833. The Morgan fingerprint density at radius 1 is 0.250 bits per heavy atom. The van der Waals surface area contributed by atoms with E-state index in [4.69, 9.17) is 0 Å². The molecule has 6 heteroatoms. The van der Waals surface area contributed by atoms with E-state index in [2.05, 4.69) is 175 Å². The van der Waals surface area contributed by atoms with Gasteiger partial charge in [-0.15, -0.1) is 0 Å². The van der Waals surface area contributed by atoms with E-state index in [9.17, 15) is 0 Å². The van der Waals surface area contributed by atoms with Gasteiger partial charge < -0.3 is 0 Å². The molecule has 0 spiro atoms. The molecule has 250 valence electrons. The van der Waals surface area contributed by atoms with Crippen LogP contribution in [0, 0.1) is 0 Å². The topological polar surface area (TPSA) is 41.3 Å². The summed E-state index contributed by atoms with van der Waals surface area (Å²) in [6.07, 6.45) is 24.5. The van der Waals surface area contributed by atoms with Crippen molar-refractivity contribution in [3.63, 3.8) is 0 Å². The molecule has 0 aliphatic heterocycles. The predicted octanol–water partition coefficient (Wildman–Crippen LogP) is 6.82. The van der Waals surface area contributed by atoms with Crippen LogP contribution in [-0.4, -0.2) is 9.97 Å². The smallest absolute Gasteiger partial charge is 0.173 e. The van der Waals surface area contributed by atoms with Gasteiger partial charge in [0.15, 0.2) is 75.8 Å². The van der Waals surface area contributed by atoms with Gasteiger partial charge in [-0.2, -0.15) is 0 Å². The van der Waals surface area contributed by atoms with E-state index in [-0.39, 0.29) is 0 Å². The van der Waals surface area contributed by atoms with Crippen LogP contribution in [0.4, 0.5) is 0 Å². The summed E-state index contributed by atoms with van der Waals surface area (Å²) in [6, 6.07) is 43.4. The molecule has 0 unspecified atom stereocenters. The quantitative estimate of drug-likeness (QED) is 0.141. The highest BCUT2D eigenvalue weighted by Gasteiger charge is 2.11. The van der Waals surface area contributed by atoms with Crippen molar-refractivity contribution in [3.05, 3.63) is 218 Å². The Labute approximate surface area is 304 Å². The van der Waals surface area contributed by atoms with E-state index in [1.807, 2.05) is 49.1 Å². The molecule has 0 aliphatic rings. The van der Waals surface area contributed by atoms with Crippen LogP contribution in [0.2, 0.25) is 0 Å². The average molecular weight is 677 g/mol.